The van der Waals surface area contributed by atoms with Crippen LogP contribution >= 0.6 is 0 Å². The molecule has 1 atom stereocenters. The Kier molecular flexibility index (Phi) is 6.42. The molecule has 1 unspecified atom stereocenters. The predicted octanol–water partition coefficient (Wildman–Crippen LogP) is 4.80. The van der Waals surface area contributed by atoms with Gasteiger partial charge in [-0.2, -0.15) is 23.5 Å². The predicted molar refractivity (Wildman–Crippen MR) is 123 cm³/mol. The molecule has 0 aliphatic rings. The standard InChI is InChI=1S/C26H23F3N4O/c1-18-6-5-9-21(12-18)16-33-23-13-20(14-30)10-11-22(23)24(32-33)25(34,26(27,28)29)17-31-15-19-7-3-2-4-8-19/h2-13,31,34H,15-17H2,1H3. The van der Waals surface area contributed by atoms with Crippen LogP contribution in [0.25, 0.3) is 10.9 Å². The van der Waals surface area contributed by atoms with E-state index in [1.807, 2.05) is 43.3 Å². The first-order chi connectivity index (χ1) is 16.2. The van der Waals surface area contributed by atoms with Crippen molar-refractivity contribution in [2.75, 3.05) is 6.54 Å². The molecule has 0 saturated carbocycles. The van der Waals surface area contributed by atoms with Crippen LogP contribution in [0, 0.1) is 18.3 Å². The van der Waals surface area contributed by atoms with Crippen LogP contribution in [0.1, 0.15) is 27.9 Å². The van der Waals surface area contributed by atoms with Crippen LogP contribution in [-0.4, -0.2) is 27.6 Å². The average molecular weight is 464 g/mol. The Morgan fingerprint density at radius 3 is 2.41 bits per heavy atom. The van der Waals surface area contributed by atoms with Crippen LogP contribution in [0.4, 0.5) is 13.2 Å². The van der Waals surface area contributed by atoms with Gasteiger partial charge in [-0.1, -0.05) is 60.2 Å². The number of benzene rings is 3. The first-order valence-corrected chi connectivity index (χ1v) is 10.7. The third-order valence-corrected chi connectivity index (χ3v) is 5.71. The van der Waals surface area contributed by atoms with E-state index in [1.165, 1.54) is 22.9 Å². The van der Waals surface area contributed by atoms with E-state index in [9.17, 15) is 23.5 Å². The van der Waals surface area contributed by atoms with Gasteiger partial charge in [0, 0.05) is 18.5 Å². The summed E-state index contributed by atoms with van der Waals surface area (Å²) < 4.78 is 44.3. The molecule has 1 aromatic heterocycles. The summed E-state index contributed by atoms with van der Waals surface area (Å²) in [6.07, 6.45) is -4.99. The van der Waals surface area contributed by atoms with Crippen molar-refractivity contribution < 1.29 is 18.3 Å². The fourth-order valence-electron chi connectivity index (χ4n) is 3.95. The van der Waals surface area contributed by atoms with Crippen molar-refractivity contribution in [3.63, 3.8) is 0 Å². The van der Waals surface area contributed by atoms with E-state index >= 15 is 0 Å². The van der Waals surface area contributed by atoms with Crippen LogP contribution < -0.4 is 5.32 Å². The summed E-state index contributed by atoms with van der Waals surface area (Å²) >= 11 is 0. The number of hydrogen-bond acceptors (Lipinski definition) is 4. The molecule has 5 nitrogen and oxygen atoms in total. The molecule has 0 saturated heterocycles. The van der Waals surface area contributed by atoms with Crippen LogP contribution in [0.5, 0.6) is 0 Å². The third-order valence-electron chi connectivity index (χ3n) is 5.71. The molecule has 2 N–H and O–H groups in total. The highest BCUT2D eigenvalue weighted by Gasteiger charge is 2.57. The van der Waals surface area contributed by atoms with Gasteiger partial charge in [0.2, 0.25) is 5.60 Å². The fraction of sp³-hybridized carbons (Fsp3) is 0.231. The molecule has 0 spiro atoms. The summed E-state index contributed by atoms with van der Waals surface area (Å²) in [5.74, 6) is 0. The topological polar surface area (TPSA) is 73.9 Å². The van der Waals surface area contributed by atoms with Crippen molar-refractivity contribution in [2.45, 2.75) is 31.8 Å². The van der Waals surface area contributed by atoms with Gasteiger partial charge < -0.3 is 10.4 Å². The SMILES string of the molecule is Cc1cccc(Cn2nc(C(O)(CNCc3ccccc3)C(F)(F)F)c3ccc(C#N)cc32)c1. The Bertz CT molecular complexity index is 1340. The van der Waals surface area contributed by atoms with Gasteiger partial charge in [0.15, 0.2) is 0 Å². The number of aryl methyl sites for hydroxylation is 1. The van der Waals surface area contributed by atoms with E-state index in [0.29, 0.717) is 11.1 Å². The fourth-order valence-corrected chi connectivity index (χ4v) is 3.95. The lowest BCUT2D eigenvalue weighted by atomic mass is 9.95. The molecule has 0 amide bonds. The Labute approximate surface area is 195 Å². The molecule has 0 fully saturated rings. The molecule has 4 aromatic rings. The lowest BCUT2D eigenvalue weighted by Gasteiger charge is -2.29. The van der Waals surface area contributed by atoms with Crippen molar-refractivity contribution in [3.8, 4) is 6.07 Å². The zero-order valence-electron chi connectivity index (χ0n) is 18.5. The minimum atomic E-state index is -4.99. The lowest BCUT2D eigenvalue weighted by Crippen LogP contribution is -2.50. The summed E-state index contributed by atoms with van der Waals surface area (Å²) in [4.78, 5) is 0. The quantitative estimate of drug-likeness (QED) is 0.412. The zero-order valence-corrected chi connectivity index (χ0v) is 18.5. The van der Waals surface area contributed by atoms with Crippen molar-refractivity contribution in [3.05, 3.63) is 101 Å². The van der Waals surface area contributed by atoms with Gasteiger partial charge in [-0.15, -0.1) is 0 Å². The number of aliphatic hydroxyl groups is 1. The molecule has 174 valence electrons. The van der Waals surface area contributed by atoms with E-state index in [-0.39, 0.29) is 18.5 Å². The highest BCUT2D eigenvalue weighted by atomic mass is 19.4. The molecule has 0 bridgehead atoms. The Morgan fingerprint density at radius 1 is 1.00 bits per heavy atom. The molecular weight excluding hydrogens is 441 g/mol. The first kappa shape index (κ1) is 23.5. The normalized spacial score (nSPS) is 13.5. The lowest BCUT2D eigenvalue weighted by molar-refractivity contribution is -0.265. The van der Waals surface area contributed by atoms with Crippen molar-refractivity contribution in [1.82, 2.24) is 15.1 Å². The summed E-state index contributed by atoms with van der Waals surface area (Å²) in [6, 6.07) is 22.9. The van der Waals surface area contributed by atoms with E-state index in [0.717, 1.165) is 16.7 Å². The van der Waals surface area contributed by atoms with E-state index in [4.69, 9.17) is 0 Å². The first-order valence-electron chi connectivity index (χ1n) is 10.7. The van der Waals surface area contributed by atoms with Crippen LogP contribution in [0.15, 0.2) is 72.8 Å². The number of alkyl halides is 3. The van der Waals surface area contributed by atoms with E-state index < -0.39 is 24.0 Å². The number of halogens is 3. The Hall–Kier alpha value is -3.67. The summed E-state index contributed by atoms with van der Waals surface area (Å²) in [5.41, 5.74) is -0.442. The van der Waals surface area contributed by atoms with Gasteiger partial charge >= 0.3 is 6.18 Å². The van der Waals surface area contributed by atoms with E-state index in [1.54, 1.807) is 24.3 Å². The molecular formula is C26H23F3N4O. The monoisotopic (exact) mass is 464 g/mol. The highest BCUT2D eigenvalue weighted by Crippen LogP contribution is 2.41. The largest absolute Gasteiger partial charge is 0.424 e. The summed E-state index contributed by atoms with van der Waals surface area (Å²) in [7, 11) is 0. The number of hydrogen-bond donors (Lipinski definition) is 2. The maximum absolute atomic E-state index is 14.3. The molecule has 0 aliphatic heterocycles. The molecule has 0 aliphatic carbocycles. The molecule has 0 radical (unpaired) electrons. The minimum absolute atomic E-state index is 0.146. The second-order valence-electron chi connectivity index (χ2n) is 8.29. The minimum Gasteiger partial charge on any atom is -0.374 e. The second kappa shape index (κ2) is 9.29. The van der Waals surface area contributed by atoms with Gasteiger partial charge in [0.1, 0.15) is 5.69 Å². The average Bonchev–Trinajstić information content (AvgIpc) is 3.17. The van der Waals surface area contributed by atoms with Gasteiger partial charge in [-0.05, 0) is 36.2 Å². The van der Waals surface area contributed by atoms with Crippen molar-refractivity contribution >= 4 is 10.9 Å². The highest BCUT2D eigenvalue weighted by molar-refractivity contribution is 5.84. The number of nitriles is 1. The molecule has 4 rings (SSSR count). The number of rotatable bonds is 7. The second-order valence-corrected chi connectivity index (χ2v) is 8.29. The van der Waals surface area contributed by atoms with Crippen molar-refractivity contribution in [2.24, 2.45) is 0 Å². The van der Waals surface area contributed by atoms with Crippen molar-refractivity contribution in [1.29, 1.82) is 5.26 Å². The maximum Gasteiger partial charge on any atom is 0.424 e. The zero-order chi connectivity index (χ0) is 24.3. The van der Waals surface area contributed by atoms with Gasteiger partial charge in [0.05, 0.1) is 23.7 Å². The number of aromatic nitrogens is 2. The Balaban J connectivity index is 1.77. The Morgan fingerprint density at radius 2 is 1.74 bits per heavy atom. The summed E-state index contributed by atoms with van der Waals surface area (Å²) in [6.45, 7) is 1.49. The maximum atomic E-state index is 14.3. The number of nitrogens with zero attached hydrogens (tertiary/aromatic N) is 3. The number of nitrogens with one attached hydrogen (secondary N) is 1. The molecule has 1 heterocycles. The van der Waals surface area contributed by atoms with Gasteiger partial charge in [0.25, 0.3) is 0 Å². The van der Waals surface area contributed by atoms with Crippen LogP contribution in [0.3, 0.4) is 0 Å². The van der Waals surface area contributed by atoms with Gasteiger partial charge in [-0.25, -0.2) is 0 Å². The summed E-state index contributed by atoms with van der Waals surface area (Å²) in [5, 5.41) is 27.5. The number of fused-ring (bicyclic) bond motifs is 1. The molecule has 3 aromatic carbocycles. The third kappa shape index (κ3) is 4.67. The molecule has 34 heavy (non-hydrogen) atoms. The van der Waals surface area contributed by atoms with Gasteiger partial charge in [-0.3, -0.25) is 4.68 Å². The van der Waals surface area contributed by atoms with Crippen LogP contribution in [0.2, 0.25) is 0 Å². The smallest absolute Gasteiger partial charge is 0.374 e. The molecule has 8 heteroatoms. The van der Waals surface area contributed by atoms with Crippen LogP contribution in [-0.2, 0) is 18.7 Å². The van der Waals surface area contributed by atoms with E-state index in [2.05, 4.69) is 10.4 Å².